The standard InChI is InChI=1S/C38H64O3S.Na/c1-3-5-7-9-11-13-15-17-19-21-23-25-27-34-29-30-35-33-36(42(39,40)41)31-32-38(35)37(34)28-26-24-22-20-18-16-14-12-10-8-6-4-2;/h29-33H,3-28H2,1-2H3,(H,39,40,41);/q;+1/p-1. The van der Waals surface area contributed by atoms with Crippen molar-refractivity contribution in [1.29, 1.82) is 0 Å². The molecule has 0 N–H and O–H groups in total. The Kier molecular flexibility index (Phi) is 24.3. The molecule has 2 rings (SSSR count). The van der Waals surface area contributed by atoms with Crippen LogP contribution in [-0.2, 0) is 23.0 Å². The Morgan fingerprint density at radius 2 is 0.907 bits per heavy atom. The van der Waals surface area contributed by atoms with Crippen LogP contribution < -0.4 is 29.6 Å². The summed E-state index contributed by atoms with van der Waals surface area (Å²) < 4.78 is 34.8. The molecule has 0 heterocycles. The molecule has 0 saturated carbocycles. The average molecular weight is 623 g/mol. The SMILES string of the molecule is CCCCCCCCCCCCCCc1ccc2cc(S(=O)(=O)[O-])ccc2c1CCCCCCCCCCCCCC.[Na+]. The summed E-state index contributed by atoms with van der Waals surface area (Å²) in [6, 6.07) is 9.16. The number of fused-ring (bicyclic) bond motifs is 1. The molecule has 0 aliphatic rings. The second-order valence-electron chi connectivity index (χ2n) is 12.8. The Hall–Kier alpha value is -0.390. The van der Waals surface area contributed by atoms with Gasteiger partial charge in [0, 0.05) is 0 Å². The van der Waals surface area contributed by atoms with E-state index in [1.807, 2.05) is 12.1 Å². The van der Waals surface area contributed by atoms with Crippen LogP contribution in [0.2, 0.25) is 0 Å². The molecule has 0 bridgehead atoms. The van der Waals surface area contributed by atoms with Gasteiger partial charge in [-0.2, -0.15) is 0 Å². The Morgan fingerprint density at radius 1 is 0.512 bits per heavy atom. The minimum atomic E-state index is -4.44. The van der Waals surface area contributed by atoms with Crippen LogP contribution in [0.4, 0.5) is 0 Å². The molecule has 43 heavy (non-hydrogen) atoms. The summed E-state index contributed by atoms with van der Waals surface area (Å²) in [6.07, 6.45) is 34.5. The van der Waals surface area contributed by atoms with Gasteiger partial charge >= 0.3 is 29.6 Å². The fraction of sp³-hybridized carbons (Fsp3) is 0.737. The first-order valence-electron chi connectivity index (χ1n) is 18.0. The van der Waals surface area contributed by atoms with Gasteiger partial charge in [-0.25, -0.2) is 8.42 Å². The van der Waals surface area contributed by atoms with E-state index < -0.39 is 10.1 Å². The third kappa shape index (κ3) is 18.4. The number of hydrogen-bond donors (Lipinski definition) is 0. The van der Waals surface area contributed by atoms with E-state index in [9.17, 15) is 13.0 Å². The van der Waals surface area contributed by atoms with Gasteiger partial charge in [0.25, 0.3) is 0 Å². The molecule has 3 nitrogen and oxygen atoms in total. The maximum Gasteiger partial charge on any atom is 1.00 e. The molecule has 0 radical (unpaired) electrons. The van der Waals surface area contributed by atoms with Crippen LogP contribution in [0.1, 0.15) is 179 Å². The van der Waals surface area contributed by atoms with E-state index in [0.717, 1.165) is 23.6 Å². The summed E-state index contributed by atoms with van der Waals surface area (Å²) in [7, 11) is -4.44. The van der Waals surface area contributed by atoms with Gasteiger partial charge < -0.3 is 4.55 Å². The van der Waals surface area contributed by atoms with Crippen molar-refractivity contribution in [2.75, 3.05) is 0 Å². The normalized spacial score (nSPS) is 11.7. The Bertz CT molecular complexity index is 1070. The molecule has 0 aromatic heterocycles. The van der Waals surface area contributed by atoms with Crippen molar-refractivity contribution < 1.29 is 42.5 Å². The Morgan fingerprint density at radius 3 is 1.33 bits per heavy atom. The predicted molar refractivity (Wildman–Crippen MR) is 181 cm³/mol. The minimum Gasteiger partial charge on any atom is -0.744 e. The van der Waals surface area contributed by atoms with Gasteiger partial charge in [0.05, 0.1) is 4.90 Å². The number of hydrogen-bond acceptors (Lipinski definition) is 3. The maximum atomic E-state index is 11.6. The zero-order valence-corrected chi connectivity index (χ0v) is 31.2. The molecule has 2 aromatic rings. The molecule has 2 aromatic carbocycles. The van der Waals surface area contributed by atoms with Gasteiger partial charge in [-0.05, 0) is 59.7 Å². The molecular formula is C38H63NaO3S. The molecule has 5 heteroatoms. The first-order valence-corrected chi connectivity index (χ1v) is 19.4. The first kappa shape index (κ1) is 40.6. The van der Waals surface area contributed by atoms with Crippen molar-refractivity contribution in [3.8, 4) is 0 Å². The molecule has 0 unspecified atom stereocenters. The van der Waals surface area contributed by atoms with Crippen LogP contribution >= 0.6 is 0 Å². The first-order chi connectivity index (χ1) is 20.5. The topological polar surface area (TPSA) is 57.2 Å². The second-order valence-corrected chi connectivity index (χ2v) is 14.2. The summed E-state index contributed by atoms with van der Waals surface area (Å²) >= 11 is 0. The molecule has 0 saturated heterocycles. The molecule has 0 fully saturated rings. The molecule has 0 aliphatic carbocycles. The van der Waals surface area contributed by atoms with Crippen molar-refractivity contribution in [3.05, 3.63) is 41.5 Å². The van der Waals surface area contributed by atoms with E-state index in [-0.39, 0.29) is 34.5 Å². The molecule has 0 amide bonds. The molecular weight excluding hydrogens is 559 g/mol. The van der Waals surface area contributed by atoms with E-state index in [2.05, 4.69) is 19.9 Å². The van der Waals surface area contributed by atoms with Gasteiger partial charge in [-0.15, -0.1) is 0 Å². The van der Waals surface area contributed by atoms with Crippen molar-refractivity contribution in [2.24, 2.45) is 0 Å². The molecule has 240 valence electrons. The largest absolute Gasteiger partial charge is 1.00 e. The fourth-order valence-corrected chi connectivity index (χ4v) is 6.91. The van der Waals surface area contributed by atoms with Crippen LogP contribution in [0.25, 0.3) is 10.8 Å². The summed E-state index contributed by atoms with van der Waals surface area (Å²) in [4.78, 5) is -0.125. The van der Waals surface area contributed by atoms with Gasteiger partial charge in [0.2, 0.25) is 0 Å². The number of unbranched alkanes of at least 4 members (excludes halogenated alkanes) is 22. The van der Waals surface area contributed by atoms with E-state index in [0.29, 0.717) is 0 Å². The summed E-state index contributed by atoms with van der Waals surface area (Å²) in [5.41, 5.74) is 2.79. The summed E-state index contributed by atoms with van der Waals surface area (Å²) in [5.74, 6) is 0. The van der Waals surface area contributed by atoms with Gasteiger partial charge in [0.1, 0.15) is 10.1 Å². The van der Waals surface area contributed by atoms with Crippen molar-refractivity contribution in [2.45, 2.75) is 186 Å². The van der Waals surface area contributed by atoms with Gasteiger partial charge in [-0.1, -0.05) is 173 Å². The number of benzene rings is 2. The van der Waals surface area contributed by atoms with E-state index in [4.69, 9.17) is 0 Å². The number of rotatable bonds is 27. The zero-order chi connectivity index (χ0) is 30.3. The summed E-state index contributed by atoms with van der Waals surface area (Å²) in [6.45, 7) is 4.55. The third-order valence-corrected chi connectivity index (χ3v) is 9.90. The molecule has 0 spiro atoms. The van der Waals surface area contributed by atoms with Gasteiger partial charge in [0.15, 0.2) is 0 Å². The van der Waals surface area contributed by atoms with E-state index in [1.165, 1.54) is 171 Å². The molecule has 0 atom stereocenters. The van der Waals surface area contributed by atoms with E-state index >= 15 is 0 Å². The minimum absolute atomic E-state index is 0. The van der Waals surface area contributed by atoms with Crippen molar-refractivity contribution in [1.82, 2.24) is 0 Å². The maximum absolute atomic E-state index is 11.6. The van der Waals surface area contributed by atoms with Crippen LogP contribution in [0.5, 0.6) is 0 Å². The van der Waals surface area contributed by atoms with Crippen LogP contribution in [-0.4, -0.2) is 13.0 Å². The fourth-order valence-electron chi connectivity index (χ4n) is 6.40. The smallest absolute Gasteiger partial charge is 0.744 e. The molecule has 0 aliphatic heterocycles. The number of aryl methyl sites for hydroxylation is 2. The Labute approximate surface area is 288 Å². The van der Waals surface area contributed by atoms with Crippen LogP contribution in [0.3, 0.4) is 0 Å². The average Bonchev–Trinajstić information content (AvgIpc) is 2.98. The van der Waals surface area contributed by atoms with Crippen molar-refractivity contribution >= 4 is 20.9 Å². The zero-order valence-electron chi connectivity index (χ0n) is 28.4. The quantitative estimate of drug-likeness (QED) is 0.0567. The van der Waals surface area contributed by atoms with Crippen LogP contribution in [0, 0.1) is 0 Å². The summed E-state index contributed by atoms with van der Waals surface area (Å²) in [5, 5.41) is 2.00. The monoisotopic (exact) mass is 622 g/mol. The van der Waals surface area contributed by atoms with E-state index in [1.54, 1.807) is 6.07 Å². The van der Waals surface area contributed by atoms with Crippen molar-refractivity contribution in [3.63, 3.8) is 0 Å². The van der Waals surface area contributed by atoms with Crippen LogP contribution in [0.15, 0.2) is 35.2 Å². The second kappa shape index (κ2) is 25.8. The third-order valence-electron chi connectivity index (χ3n) is 9.07. The predicted octanol–water partition coefficient (Wildman–Crippen LogP) is 9.24. The van der Waals surface area contributed by atoms with Gasteiger partial charge in [-0.3, -0.25) is 0 Å². The Balaban J connectivity index is 0.00000924.